The summed E-state index contributed by atoms with van der Waals surface area (Å²) in [6, 6.07) is 5.97. The molecule has 1 atom stereocenters. The third-order valence-electron chi connectivity index (χ3n) is 3.16. The summed E-state index contributed by atoms with van der Waals surface area (Å²) in [6.07, 6.45) is -5.65. The molecule has 0 aliphatic carbocycles. The van der Waals surface area contributed by atoms with Gasteiger partial charge in [0.1, 0.15) is 4.88 Å². The number of aryl methyl sites for hydroxylation is 1. The van der Waals surface area contributed by atoms with Gasteiger partial charge in [0.2, 0.25) is 0 Å². The summed E-state index contributed by atoms with van der Waals surface area (Å²) in [7, 11) is 0. The number of rotatable bonds is 4. The first-order valence-electron chi connectivity index (χ1n) is 6.91. The van der Waals surface area contributed by atoms with Crippen LogP contribution in [0.15, 0.2) is 35.7 Å². The van der Waals surface area contributed by atoms with Crippen molar-refractivity contribution in [2.45, 2.75) is 26.1 Å². The Bertz CT molecular complexity index is 755. The van der Waals surface area contributed by atoms with Crippen molar-refractivity contribution < 1.29 is 27.5 Å². The molecule has 0 radical (unpaired) electrons. The molecule has 1 heterocycles. The molecule has 0 aliphatic rings. The van der Waals surface area contributed by atoms with Crippen LogP contribution in [0.3, 0.4) is 0 Å². The number of esters is 1. The number of halogens is 3. The van der Waals surface area contributed by atoms with Gasteiger partial charge >= 0.3 is 12.1 Å². The normalized spacial score (nSPS) is 12.5. The van der Waals surface area contributed by atoms with E-state index in [0.717, 1.165) is 17.7 Å². The molecule has 8 heteroatoms. The quantitative estimate of drug-likeness (QED) is 0.832. The van der Waals surface area contributed by atoms with Gasteiger partial charge in [0, 0.05) is 5.69 Å². The van der Waals surface area contributed by atoms with Crippen molar-refractivity contribution in [3.63, 3.8) is 0 Å². The van der Waals surface area contributed by atoms with E-state index in [4.69, 9.17) is 4.74 Å². The van der Waals surface area contributed by atoms with Crippen LogP contribution >= 0.6 is 11.3 Å². The van der Waals surface area contributed by atoms with Crippen molar-refractivity contribution in [3.05, 3.63) is 51.7 Å². The Morgan fingerprint density at radius 3 is 2.54 bits per heavy atom. The number of benzene rings is 1. The molecule has 1 amide bonds. The Hall–Kier alpha value is -2.35. The lowest BCUT2D eigenvalue weighted by Crippen LogP contribution is -2.30. The van der Waals surface area contributed by atoms with Crippen LogP contribution in [-0.2, 0) is 15.7 Å². The fourth-order valence-electron chi connectivity index (χ4n) is 1.87. The molecular formula is C16H14F3NO3S. The summed E-state index contributed by atoms with van der Waals surface area (Å²) in [6.45, 7) is 3.09. The lowest BCUT2D eigenvalue weighted by molar-refractivity contribution is -0.137. The van der Waals surface area contributed by atoms with E-state index < -0.39 is 29.7 Å². The van der Waals surface area contributed by atoms with Crippen molar-refractivity contribution in [2.24, 2.45) is 0 Å². The molecule has 0 unspecified atom stereocenters. The van der Waals surface area contributed by atoms with Crippen molar-refractivity contribution in [3.8, 4) is 0 Å². The molecule has 0 saturated carbocycles. The highest BCUT2D eigenvalue weighted by atomic mass is 32.1. The number of ether oxygens (including phenoxy) is 1. The van der Waals surface area contributed by atoms with Crippen molar-refractivity contribution >= 4 is 28.9 Å². The van der Waals surface area contributed by atoms with Crippen LogP contribution in [0.1, 0.15) is 27.7 Å². The molecule has 128 valence electrons. The Morgan fingerprint density at radius 1 is 1.25 bits per heavy atom. The zero-order valence-corrected chi connectivity index (χ0v) is 13.6. The van der Waals surface area contributed by atoms with Crippen LogP contribution < -0.4 is 5.32 Å². The van der Waals surface area contributed by atoms with E-state index in [1.54, 1.807) is 18.4 Å². The third-order valence-corrected chi connectivity index (χ3v) is 4.15. The molecule has 1 aromatic carbocycles. The van der Waals surface area contributed by atoms with E-state index in [9.17, 15) is 22.8 Å². The highest BCUT2D eigenvalue weighted by Gasteiger charge is 2.30. The minimum Gasteiger partial charge on any atom is -0.448 e. The van der Waals surface area contributed by atoms with Crippen molar-refractivity contribution in [2.75, 3.05) is 5.32 Å². The van der Waals surface area contributed by atoms with Gasteiger partial charge in [-0.05, 0) is 49.1 Å². The molecule has 2 aromatic rings. The number of thiophene rings is 1. The van der Waals surface area contributed by atoms with E-state index in [0.29, 0.717) is 4.88 Å². The molecule has 1 N–H and O–H groups in total. The number of hydrogen-bond donors (Lipinski definition) is 1. The number of carbonyl (C=O) groups excluding carboxylic acids is 2. The molecule has 0 spiro atoms. The van der Waals surface area contributed by atoms with Gasteiger partial charge in [0.15, 0.2) is 6.10 Å². The number of carbonyl (C=O) groups is 2. The second-order valence-corrected chi connectivity index (χ2v) is 5.96. The number of anilines is 1. The van der Waals surface area contributed by atoms with Gasteiger partial charge in [0.25, 0.3) is 5.91 Å². The summed E-state index contributed by atoms with van der Waals surface area (Å²) in [5, 5.41) is 4.03. The molecule has 4 nitrogen and oxygen atoms in total. The smallest absolute Gasteiger partial charge is 0.416 e. The molecule has 0 saturated heterocycles. The number of amides is 1. The average Bonchev–Trinajstić information content (AvgIpc) is 2.92. The maximum Gasteiger partial charge on any atom is 0.416 e. The molecule has 2 rings (SSSR count). The Labute approximate surface area is 140 Å². The summed E-state index contributed by atoms with van der Waals surface area (Å²) in [5.74, 6) is -1.36. The standard InChI is InChI=1S/C16H14F3NO3S/c1-9-6-7-24-13(9)15(22)23-10(2)14(21)20-12-5-3-4-11(8-12)16(17,18)19/h3-8,10H,1-2H3,(H,20,21)/t10-/m0/s1. The first-order valence-corrected chi connectivity index (χ1v) is 7.79. The lowest BCUT2D eigenvalue weighted by atomic mass is 10.2. The monoisotopic (exact) mass is 357 g/mol. The van der Waals surface area contributed by atoms with Crippen molar-refractivity contribution in [1.29, 1.82) is 0 Å². The maximum absolute atomic E-state index is 12.6. The second kappa shape index (κ2) is 7.04. The minimum absolute atomic E-state index is 0.0231. The molecule has 0 aliphatic heterocycles. The molecule has 0 fully saturated rings. The average molecular weight is 357 g/mol. The lowest BCUT2D eigenvalue weighted by Gasteiger charge is -2.14. The topological polar surface area (TPSA) is 55.4 Å². The third kappa shape index (κ3) is 4.35. The Balaban J connectivity index is 2.02. The van der Waals surface area contributed by atoms with Crippen LogP contribution in [0.4, 0.5) is 18.9 Å². The number of hydrogen-bond acceptors (Lipinski definition) is 4. The van der Waals surface area contributed by atoms with Gasteiger partial charge in [-0.3, -0.25) is 4.79 Å². The summed E-state index contributed by atoms with van der Waals surface area (Å²) in [4.78, 5) is 24.3. The zero-order valence-electron chi connectivity index (χ0n) is 12.8. The molecule has 0 bridgehead atoms. The summed E-state index contributed by atoms with van der Waals surface area (Å²) in [5.41, 5.74) is -0.167. The Morgan fingerprint density at radius 2 is 1.96 bits per heavy atom. The van der Waals surface area contributed by atoms with E-state index in [2.05, 4.69) is 5.32 Å². The second-order valence-electron chi connectivity index (χ2n) is 5.05. The SMILES string of the molecule is Cc1ccsc1C(=O)O[C@@H](C)C(=O)Nc1cccc(C(F)(F)F)c1. The van der Waals surface area contributed by atoms with Crippen LogP contribution in [0.5, 0.6) is 0 Å². The van der Waals surface area contributed by atoms with Crippen LogP contribution in [0, 0.1) is 6.92 Å². The maximum atomic E-state index is 12.6. The first-order chi connectivity index (χ1) is 11.2. The first kappa shape index (κ1) is 18.0. The zero-order chi connectivity index (χ0) is 17.9. The van der Waals surface area contributed by atoms with E-state index >= 15 is 0 Å². The fraction of sp³-hybridized carbons (Fsp3) is 0.250. The van der Waals surface area contributed by atoms with E-state index in [1.807, 2.05) is 0 Å². The number of alkyl halides is 3. The van der Waals surface area contributed by atoms with Gasteiger partial charge in [-0.15, -0.1) is 11.3 Å². The van der Waals surface area contributed by atoms with Crippen LogP contribution in [-0.4, -0.2) is 18.0 Å². The predicted octanol–water partition coefficient (Wildman–Crippen LogP) is 4.26. The largest absolute Gasteiger partial charge is 0.448 e. The van der Waals surface area contributed by atoms with E-state index in [-0.39, 0.29) is 5.69 Å². The molecule has 24 heavy (non-hydrogen) atoms. The predicted molar refractivity (Wildman–Crippen MR) is 84.0 cm³/mol. The van der Waals surface area contributed by atoms with Gasteiger partial charge in [-0.1, -0.05) is 6.07 Å². The van der Waals surface area contributed by atoms with E-state index in [1.165, 1.54) is 30.4 Å². The highest BCUT2D eigenvalue weighted by Crippen LogP contribution is 2.30. The van der Waals surface area contributed by atoms with Gasteiger partial charge in [-0.25, -0.2) is 4.79 Å². The summed E-state index contributed by atoms with van der Waals surface area (Å²) < 4.78 is 43.0. The Kier molecular flexibility index (Phi) is 5.28. The van der Waals surface area contributed by atoms with Crippen molar-refractivity contribution in [1.82, 2.24) is 0 Å². The van der Waals surface area contributed by atoms with Gasteiger partial charge < -0.3 is 10.1 Å². The minimum atomic E-state index is -4.50. The molecule has 1 aromatic heterocycles. The molecular weight excluding hydrogens is 343 g/mol. The number of nitrogens with one attached hydrogen (secondary N) is 1. The van der Waals surface area contributed by atoms with Crippen LogP contribution in [0.2, 0.25) is 0 Å². The van der Waals surface area contributed by atoms with Gasteiger partial charge in [-0.2, -0.15) is 13.2 Å². The van der Waals surface area contributed by atoms with Crippen LogP contribution in [0.25, 0.3) is 0 Å². The summed E-state index contributed by atoms with van der Waals surface area (Å²) >= 11 is 1.19. The highest BCUT2D eigenvalue weighted by molar-refractivity contribution is 7.12. The van der Waals surface area contributed by atoms with Gasteiger partial charge in [0.05, 0.1) is 5.56 Å². The fourth-order valence-corrected chi connectivity index (χ4v) is 2.67.